The van der Waals surface area contributed by atoms with Crippen molar-refractivity contribution in [2.75, 3.05) is 0 Å². The van der Waals surface area contributed by atoms with Crippen molar-refractivity contribution in [1.29, 1.82) is 0 Å². The van der Waals surface area contributed by atoms with Gasteiger partial charge in [-0.15, -0.1) is 0 Å². The number of aromatic nitrogens is 3. The average Bonchev–Trinajstić information content (AvgIpc) is 3.15. The Hall–Kier alpha value is -3.87. The van der Waals surface area contributed by atoms with Crippen LogP contribution in [0.4, 0.5) is 5.69 Å². The van der Waals surface area contributed by atoms with E-state index in [4.69, 9.17) is 4.52 Å². The molecule has 0 aliphatic carbocycles. The number of para-hydroxylation sites is 1. The monoisotopic (exact) mass is 358 g/mol. The highest BCUT2D eigenvalue weighted by Gasteiger charge is 2.12. The van der Waals surface area contributed by atoms with E-state index in [1.165, 1.54) is 12.1 Å². The lowest BCUT2D eigenvalue weighted by atomic mass is 10.1. The summed E-state index contributed by atoms with van der Waals surface area (Å²) in [5, 5.41) is 15.9. The first-order valence-corrected chi connectivity index (χ1v) is 8.23. The largest absolute Gasteiger partial charge is 0.334 e. The maximum atomic E-state index is 10.9. The molecule has 0 spiro atoms. The fourth-order valence-electron chi connectivity index (χ4n) is 2.81. The predicted octanol–water partition coefficient (Wildman–Crippen LogP) is 4.67. The van der Waals surface area contributed by atoms with Gasteiger partial charge in [0.2, 0.25) is 5.82 Å². The molecule has 2 aromatic heterocycles. The molecule has 0 N–H and O–H groups in total. The van der Waals surface area contributed by atoms with Crippen LogP contribution in [0, 0.1) is 17.0 Å². The third-order valence-corrected chi connectivity index (χ3v) is 4.03. The second-order valence-corrected chi connectivity index (χ2v) is 5.97. The standard InChI is InChI=1S/C20H14N4O3/c1-13-11-17(16-7-2-3-8-18(16)21-13)20-22-19(27-23-20)10-9-14-5-4-6-15(12-14)24(25)26/h2-12H,1H3/b10-9+. The minimum atomic E-state index is -0.432. The van der Waals surface area contributed by atoms with Gasteiger partial charge in [-0.05, 0) is 30.7 Å². The Morgan fingerprint density at radius 2 is 1.89 bits per heavy atom. The topological polar surface area (TPSA) is 95.0 Å². The molecule has 0 amide bonds. The second kappa shape index (κ2) is 6.80. The molecule has 132 valence electrons. The number of non-ortho nitro benzene ring substituents is 1. The first-order chi connectivity index (χ1) is 13.1. The van der Waals surface area contributed by atoms with Gasteiger partial charge in [0.1, 0.15) is 0 Å². The molecule has 2 aromatic carbocycles. The van der Waals surface area contributed by atoms with Crippen LogP contribution in [0.3, 0.4) is 0 Å². The molecule has 7 heteroatoms. The Morgan fingerprint density at radius 1 is 1.04 bits per heavy atom. The van der Waals surface area contributed by atoms with Gasteiger partial charge in [-0.25, -0.2) is 0 Å². The number of benzene rings is 2. The first kappa shape index (κ1) is 16.6. The molecule has 0 fully saturated rings. The minimum Gasteiger partial charge on any atom is -0.334 e. The summed E-state index contributed by atoms with van der Waals surface area (Å²) < 4.78 is 5.31. The van der Waals surface area contributed by atoms with Crippen LogP contribution in [-0.4, -0.2) is 20.0 Å². The van der Waals surface area contributed by atoms with Gasteiger partial charge in [-0.3, -0.25) is 15.1 Å². The maximum Gasteiger partial charge on any atom is 0.270 e. The van der Waals surface area contributed by atoms with E-state index in [9.17, 15) is 10.1 Å². The van der Waals surface area contributed by atoms with Crippen LogP contribution < -0.4 is 0 Å². The summed E-state index contributed by atoms with van der Waals surface area (Å²) in [5.41, 5.74) is 3.28. The lowest BCUT2D eigenvalue weighted by Gasteiger charge is -2.03. The van der Waals surface area contributed by atoms with Crippen LogP contribution in [0.2, 0.25) is 0 Å². The number of rotatable bonds is 4. The molecule has 0 atom stereocenters. The highest BCUT2D eigenvalue weighted by Crippen LogP contribution is 2.26. The van der Waals surface area contributed by atoms with Gasteiger partial charge in [-0.1, -0.05) is 35.5 Å². The zero-order valence-electron chi connectivity index (χ0n) is 14.4. The van der Waals surface area contributed by atoms with Crippen molar-refractivity contribution in [2.24, 2.45) is 0 Å². The average molecular weight is 358 g/mol. The lowest BCUT2D eigenvalue weighted by molar-refractivity contribution is -0.384. The van der Waals surface area contributed by atoms with Crippen molar-refractivity contribution in [1.82, 2.24) is 15.1 Å². The van der Waals surface area contributed by atoms with Crippen molar-refractivity contribution < 1.29 is 9.45 Å². The number of aryl methyl sites for hydroxylation is 1. The minimum absolute atomic E-state index is 0.0297. The van der Waals surface area contributed by atoms with E-state index in [1.54, 1.807) is 24.3 Å². The van der Waals surface area contributed by atoms with Gasteiger partial charge in [0.25, 0.3) is 11.6 Å². The predicted molar refractivity (Wildman–Crippen MR) is 102 cm³/mol. The molecular formula is C20H14N4O3. The Morgan fingerprint density at radius 3 is 2.74 bits per heavy atom. The molecular weight excluding hydrogens is 344 g/mol. The molecule has 4 aromatic rings. The summed E-state index contributed by atoms with van der Waals surface area (Å²) in [4.78, 5) is 19.4. The Bertz CT molecular complexity index is 1180. The summed E-state index contributed by atoms with van der Waals surface area (Å²) in [6, 6.07) is 16.0. The molecule has 0 saturated heterocycles. The van der Waals surface area contributed by atoms with Crippen LogP contribution >= 0.6 is 0 Å². The van der Waals surface area contributed by atoms with E-state index < -0.39 is 4.92 Å². The Labute approximate surface area is 154 Å². The quantitative estimate of drug-likeness (QED) is 0.388. The van der Waals surface area contributed by atoms with Gasteiger partial charge < -0.3 is 4.52 Å². The Kier molecular flexibility index (Phi) is 4.18. The number of nitro groups is 1. The molecule has 2 heterocycles. The van der Waals surface area contributed by atoms with Gasteiger partial charge in [-0.2, -0.15) is 4.98 Å². The normalized spacial score (nSPS) is 11.3. The molecule has 0 radical (unpaired) electrons. The van der Waals surface area contributed by atoms with Crippen LogP contribution in [-0.2, 0) is 0 Å². The van der Waals surface area contributed by atoms with E-state index in [1.807, 2.05) is 37.3 Å². The zero-order chi connectivity index (χ0) is 18.8. The Balaban J connectivity index is 1.67. The van der Waals surface area contributed by atoms with E-state index in [2.05, 4.69) is 15.1 Å². The number of pyridine rings is 1. The fourth-order valence-corrected chi connectivity index (χ4v) is 2.81. The van der Waals surface area contributed by atoms with Gasteiger partial charge in [0.05, 0.1) is 10.4 Å². The molecule has 0 aliphatic heterocycles. The summed E-state index contributed by atoms with van der Waals surface area (Å²) >= 11 is 0. The van der Waals surface area contributed by atoms with Gasteiger partial charge >= 0.3 is 0 Å². The van der Waals surface area contributed by atoms with Crippen LogP contribution in [0.1, 0.15) is 17.1 Å². The first-order valence-electron chi connectivity index (χ1n) is 8.23. The molecule has 0 bridgehead atoms. The van der Waals surface area contributed by atoms with Crippen molar-refractivity contribution in [3.63, 3.8) is 0 Å². The third kappa shape index (κ3) is 3.43. The van der Waals surface area contributed by atoms with Crippen molar-refractivity contribution in [2.45, 2.75) is 6.92 Å². The SMILES string of the molecule is Cc1cc(-c2noc(/C=C/c3cccc([N+](=O)[O-])c3)n2)c2ccccc2n1. The molecule has 7 nitrogen and oxygen atoms in total. The molecule has 0 aliphatic rings. The van der Waals surface area contributed by atoms with E-state index in [0.29, 0.717) is 17.3 Å². The van der Waals surface area contributed by atoms with Crippen molar-refractivity contribution in [3.05, 3.63) is 81.9 Å². The third-order valence-electron chi connectivity index (χ3n) is 4.03. The van der Waals surface area contributed by atoms with Crippen LogP contribution in [0.5, 0.6) is 0 Å². The molecule has 0 saturated carbocycles. The lowest BCUT2D eigenvalue weighted by Crippen LogP contribution is -1.89. The number of hydrogen-bond donors (Lipinski definition) is 0. The van der Waals surface area contributed by atoms with Gasteiger partial charge in [0.15, 0.2) is 0 Å². The number of nitrogens with zero attached hydrogens (tertiary/aromatic N) is 4. The molecule has 0 unspecified atom stereocenters. The van der Waals surface area contributed by atoms with E-state index in [0.717, 1.165) is 22.2 Å². The van der Waals surface area contributed by atoms with Gasteiger partial charge in [0, 0.05) is 34.9 Å². The summed E-state index contributed by atoms with van der Waals surface area (Å²) in [7, 11) is 0. The summed E-state index contributed by atoms with van der Waals surface area (Å²) in [5.74, 6) is 0.783. The number of fused-ring (bicyclic) bond motifs is 1. The second-order valence-electron chi connectivity index (χ2n) is 5.97. The zero-order valence-corrected chi connectivity index (χ0v) is 14.4. The highest BCUT2D eigenvalue weighted by atomic mass is 16.6. The summed E-state index contributed by atoms with van der Waals surface area (Å²) in [6.45, 7) is 1.92. The summed E-state index contributed by atoms with van der Waals surface area (Å²) in [6.07, 6.45) is 3.33. The van der Waals surface area contributed by atoms with Crippen molar-refractivity contribution >= 4 is 28.7 Å². The highest BCUT2D eigenvalue weighted by molar-refractivity contribution is 5.92. The van der Waals surface area contributed by atoms with Crippen LogP contribution in [0.25, 0.3) is 34.4 Å². The van der Waals surface area contributed by atoms with E-state index in [-0.39, 0.29) is 5.69 Å². The van der Waals surface area contributed by atoms with Crippen LogP contribution in [0.15, 0.2) is 59.1 Å². The van der Waals surface area contributed by atoms with E-state index >= 15 is 0 Å². The fraction of sp³-hybridized carbons (Fsp3) is 0.0500. The molecule has 4 rings (SSSR count). The maximum absolute atomic E-state index is 10.9. The molecule has 27 heavy (non-hydrogen) atoms. The smallest absolute Gasteiger partial charge is 0.270 e. The number of nitro benzene ring substituents is 1. The van der Waals surface area contributed by atoms with Crippen molar-refractivity contribution in [3.8, 4) is 11.4 Å². The number of hydrogen-bond acceptors (Lipinski definition) is 6.